The lowest BCUT2D eigenvalue weighted by molar-refractivity contribution is 0.123. The van der Waals surface area contributed by atoms with Gasteiger partial charge in [0, 0.05) is 18.0 Å². The molecular formula is C10H16BrNOS. The quantitative estimate of drug-likeness (QED) is 0.867. The van der Waals surface area contributed by atoms with E-state index in [0.29, 0.717) is 12.5 Å². The van der Waals surface area contributed by atoms with Crippen molar-refractivity contribution in [3.63, 3.8) is 0 Å². The van der Waals surface area contributed by atoms with E-state index >= 15 is 0 Å². The van der Waals surface area contributed by atoms with Crippen LogP contribution in [-0.4, -0.2) is 17.8 Å². The summed E-state index contributed by atoms with van der Waals surface area (Å²) in [6.07, 6.45) is -0.251. The number of hydrogen-bond acceptors (Lipinski definition) is 3. The maximum atomic E-state index is 9.54. The van der Waals surface area contributed by atoms with Gasteiger partial charge in [0.1, 0.15) is 0 Å². The zero-order chi connectivity index (χ0) is 10.6. The standard InChI is InChI=1S/C10H16BrNOS/c1-7(2)9(13)6-12-5-8-3-4-10(11)14-8/h3-4,7,9,12-13H,5-6H2,1-2H3. The van der Waals surface area contributed by atoms with Gasteiger partial charge in [0.2, 0.25) is 0 Å². The predicted molar refractivity (Wildman–Crippen MR) is 64.6 cm³/mol. The summed E-state index contributed by atoms with van der Waals surface area (Å²) in [4.78, 5) is 1.29. The van der Waals surface area contributed by atoms with Crippen LogP contribution in [0.15, 0.2) is 15.9 Å². The molecule has 1 aromatic heterocycles. The van der Waals surface area contributed by atoms with Crippen molar-refractivity contribution in [3.05, 3.63) is 20.8 Å². The van der Waals surface area contributed by atoms with E-state index in [-0.39, 0.29) is 6.10 Å². The fourth-order valence-electron chi connectivity index (χ4n) is 1.03. The second-order valence-electron chi connectivity index (χ2n) is 3.65. The topological polar surface area (TPSA) is 32.3 Å². The van der Waals surface area contributed by atoms with Gasteiger partial charge in [0.25, 0.3) is 0 Å². The van der Waals surface area contributed by atoms with Gasteiger partial charge in [-0.15, -0.1) is 11.3 Å². The molecule has 80 valence electrons. The molecule has 14 heavy (non-hydrogen) atoms. The second kappa shape index (κ2) is 5.85. The summed E-state index contributed by atoms with van der Waals surface area (Å²) < 4.78 is 1.15. The van der Waals surface area contributed by atoms with Gasteiger partial charge in [0.15, 0.2) is 0 Å². The minimum Gasteiger partial charge on any atom is -0.392 e. The highest BCUT2D eigenvalue weighted by Crippen LogP contribution is 2.21. The highest BCUT2D eigenvalue weighted by Gasteiger charge is 2.08. The average Bonchev–Trinajstić information content (AvgIpc) is 2.51. The van der Waals surface area contributed by atoms with E-state index in [2.05, 4.69) is 27.3 Å². The Bertz CT molecular complexity index is 275. The lowest BCUT2D eigenvalue weighted by Crippen LogP contribution is -2.29. The summed E-state index contributed by atoms with van der Waals surface area (Å²) in [7, 11) is 0. The van der Waals surface area contributed by atoms with Crippen molar-refractivity contribution in [2.45, 2.75) is 26.5 Å². The third kappa shape index (κ3) is 4.09. The number of aliphatic hydroxyl groups excluding tert-OH is 1. The maximum Gasteiger partial charge on any atom is 0.0701 e. The van der Waals surface area contributed by atoms with Crippen LogP contribution in [0.25, 0.3) is 0 Å². The first kappa shape index (κ1) is 12.2. The molecule has 0 bridgehead atoms. The minimum atomic E-state index is -0.251. The molecule has 1 rings (SSSR count). The van der Waals surface area contributed by atoms with Crippen molar-refractivity contribution in [3.8, 4) is 0 Å². The van der Waals surface area contributed by atoms with Crippen LogP contribution < -0.4 is 5.32 Å². The highest BCUT2D eigenvalue weighted by atomic mass is 79.9. The van der Waals surface area contributed by atoms with E-state index in [1.165, 1.54) is 4.88 Å². The normalized spacial score (nSPS) is 13.5. The molecular weight excluding hydrogens is 262 g/mol. The largest absolute Gasteiger partial charge is 0.392 e. The molecule has 0 saturated carbocycles. The summed E-state index contributed by atoms with van der Waals surface area (Å²) >= 11 is 5.14. The van der Waals surface area contributed by atoms with E-state index in [1.807, 2.05) is 19.9 Å². The molecule has 0 aliphatic carbocycles. The van der Waals surface area contributed by atoms with Crippen LogP contribution in [0, 0.1) is 5.92 Å². The van der Waals surface area contributed by atoms with Crippen molar-refractivity contribution in [1.29, 1.82) is 0 Å². The Balaban J connectivity index is 2.22. The van der Waals surface area contributed by atoms with Crippen molar-refractivity contribution in [2.75, 3.05) is 6.54 Å². The monoisotopic (exact) mass is 277 g/mol. The molecule has 1 aromatic rings. The van der Waals surface area contributed by atoms with Crippen LogP contribution in [0.3, 0.4) is 0 Å². The molecule has 0 aromatic carbocycles. The zero-order valence-corrected chi connectivity index (χ0v) is 10.9. The van der Waals surface area contributed by atoms with Crippen LogP contribution in [-0.2, 0) is 6.54 Å². The van der Waals surface area contributed by atoms with Gasteiger partial charge in [0.05, 0.1) is 9.89 Å². The van der Waals surface area contributed by atoms with Gasteiger partial charge in [-0.25, -0.2) is 0 Å². The molecule has 1 unspecified atom stereocenters. The summed E-state index contributed by atoms with van der Waals surface area (Å²) in [5.41, 5.74) is 0. The number of rotatable bonds is 5. The Hall–Kier alpha value is 0.1000. The summed E-state index contributed by atoms with van der Waals surface area (Å²) in [6, 6.07) is 4.13. The molecule has 0 amide bonds. The van der Waals surface area contributed by atoms with Crippen molar-refractivity contribution >= 4 is 27.3 Å². The highest BCUT2D eigenvalue weighted by molar-refractivity contribution is 9.11. The summed E-state index contributed by atoms with van der Waals surface area (Å²) in [5.74, 6) is 0.317. The van der Waals surface area contributed by atoms with Crippen molar-refractivity contribution < 1.29 is 5.11 Å². The first-order chi connectivity index (χ1) is 6.59. The molecule has 1 atom stereocenters. The third-order valence-electron chi connectivity index (χ3n) is 2.05. The molecule has 1 heterocycles. The van der Waals surface area contributed by atoms with Crippen molar-refractivity contribution in [2.24, 2.45) is 5.92 Å². The van der Waals surface area contributed by atoms with Crippen LogP contribution in [0.5, 0.6) is 0 Å². The fourth-order valence-corrected chi connectivity index (χ4v) is 2.48. The smallest absolute Gasteiger partial charge is 0.0701 e. The molecule has 0 radical (unpaired) electrons. The van der Waals surface area contributed by atoms with Gasteiger partial charge in [-0.1, -0.05) is 13.8 Å². The molecule has 4 heteroatoms. The van der Waals surface area contributed by atoms with Crippen LogP contribution >= 0.6 is 27.3 Å². The average molecular weight is 278 g/mol. The number of thiophene rings is 1. The Kier molecular flexibility index (Phi) is 5.09. The molecule has 0 aliphatic heterocycles. The summed E-state index contributed by atoms with van der Waals surface area (Å²) in [5, 5.41) is 12.8. The predicted octanol–water partition coefficient (Wildman–Crippen LogP) is 2.62. The minimum absolute atomic E-state index is 0.251. The molecule has 0 aliphatic rings. The fraction of sp³-hybridized carbons (Fsp3) is 0.600. The first-order valence-corrected chi connectivity index (χ1v) is 6.33. The molecule has 0 saturated heterocycles. The van der Waals surface area contributed by atoms with Gasteiger partial charge >= 0.3 is 0 Å². The Morgan fingerprint density at radius 1 is 1.50 bits per heavy atom. The molecule has 2 N–H and O–H groups in total. The zero-order valence-electron chi connectivity index (χ0n) is 8.46. The van der Waals surface area contributed by atoms with Crippen LogP contribution in [0.1, 0.15) is 18.7 Å². The number of hydrogen-bond donors (Lipinski definition) is 2. The molecule has 0 spiro atoms. The molecule has 2 nitrogen and oxygen atoms in total. The first-order valence-electron chi connectivity index (χ1n) is 4.72. The number of halogens is 1. The Labute approximate surface area is 97.5 Å². The maximum absolute atomic E-state index is 9.54. The van der Waals surface area contributed by atoms with Gasteiger partial charge < -0.3 is 10.4 Å². The van der Waals surface area contributed by atoms with Gasteiger partial charge in [-0.05, 0) is 34.0 Å². The van der Waals surface area contributed by atoms with Gasteiger partial charge in [-0.3, -0.25) is 0 Å². The SMILES string of the molecule is CC(C)C(O)CNCc1ccc(Br)s1. The van der Waals surface area contributed by atoms with Crippen molar-refractivity contribution in [1.82, 2.24) is 5.32 Å². The number of aliphatic hydroxyl groups is 1. The van der Waals surface area contributed by atoms with E-state index in [4.69, 9.17) is 0 Å². The lowest BCUT2D eigenvalue weighted by atomic mass is 10.1. The Morgan fingerprint density at radius 3 is 2.71 bits per heavy atom. The van der Waals surface area contributed by atoms with E-state index in [1.54, 1.807) is 11.3 Å². The Morgan fingerprint density at radius 2 is 2.21 bits per heavy atom. The third-order valence-corrected chi connectivity index (χ3v) is 3.67. The van der Waals surface area contributed by atoms with E-state index < -0.39 is 0 Å². The van der Waals surface area contributed by atoms with Gasteiger partial charge in [-0.2, -0.15) is 0 Å². The number of nitrogens with one attached hydrogen (secondary N) is 1. The van der Waals surface area contributed by atoms with Crippen LogP contribution in [0.4, 0.5) is 0 Å². The second-order valence-corrected chi connectivity index (χ2v) is 6.20. The van der Waals surface area contributed by atoms with Crippen LogP contribution in [0.2, 0.25) is 0 Å². The summed E-state index contributed by atoms with van der Waals surface area (Å²) in [6.45, 7) is 5.54. The lowest BCUT2D eigenvalue weighted by Gasteiger charge is -2.14. The van der Waals surface area contributed by atoms with E-state index in [9.17, 15) is 5.11 Å². The molecule has 0 fully saturated rings. The van der Waals surface area contributed by atoms with E-state index in [0.717, 1.165) is 10.3 Å².